The molecule has 0 unspecified atom stereocenters. The van der Waals surface area contributed by atoms with E-state index in [9.17, 15) is 8.78 Å². The molecule has 0 aliphatic heterocycles. The molecular weight excluding hydrogens is 229 g/mol. The highest BCUT2D eigenvalue weighted by Crippen LogP contribution is 2.28. The van der Waals surface area contributed by atoms with Crippen LogP contribution in [0.5, 0.6) is 5.75 Å². The van der Waals surface area contributed by atoms with Crippen LogP contribution in [0.2, 0.25) is 0 Å². The van der Waals surface area contributed by atoms with Crippen LogP contribution in [-0.2, 0) is 0 Å². The monoisotopic (exact) mass is 235 g/mol. The van der Waals surface area contributed by atoms with Gasteiger partial charge in [-0.15, -0.1) is 0 Å². The van der Waals surface area contributed by atoms with E-state index in [1.54, 1.807) is 6.07 Å². The average molecular weight is 235 g/mol. The van der Waals surface area contributed by atoms with Crippen LogP contribution >= 0.6 is 0 Å². The van der Waals surface area contributed by atoms with Crippen molar-refractivity contribution in [3.8, 4) is 17.0 Å². The lowest BCUT2D eigenvalue weighted by Crippen LogP contribution is -1.95. The Labute approximate surface area is 98.9 Å². The lowest BCUT2D eigenvalue weighted by molar-refractivity contribution is 0.573. The highest BCUT2D eigenvalue weighted by atomic mass is 27.1. The summed E-state index contributed by atoms with van der Waals surface area (Å²) in [7, 11) is 0. The summed E-state index contributed by atoms with van der Waals surface area (Å²) in [6.07, 6.45) is 3.90. The fraction of sp³-hybridized carbons (Fsp3) is 0. The van der Waals surface area contributed by atoms with E-state index in [1.807, 2.05) is 0 Å². The quantitative estimate of drug-likeness (QED) is 0.742. The van der Waals surface area contributed by atoms with Gasteiger partial charge in [-0.2, -0.15) is 0 Å². The number of hydrogen-bond acceptors (Lipinski definition) is 3. The van der Waals surface area contributed by atoms with Gasteiger partial charge in [-0.25, -0.2) is 13.8 Å². The van der Waals surface area contributed by atoms with Crippen molar-refractivity contribution in [3.63, 3.8) is 0 Å². The zero-order valence-corrected chi connectivity index (χ0v) is 9.57. The SMILES string of the molecule is Fc1cnc(-c2ccncc2[O][AlH])c(F)c1. The van der Waals surface area contributed by atoms with Gasteiger partial charge in [0.25, 0.3) is 0 Å². The number of hydrogen-bond donors (Lipinski definition) is 0. The molecule has 0 spiro atoms. The summed E-state index contributed by atoms with van der Waals surface area (Å²) in [5.74, 6) is -1.04. The van der Waals surface area contributed by atoms with Gasteiger partial charge in [-0.05, 0) is 6.07 Å². The molecule has 0 aliphatic rings. The molecule has 0 bridgehead atoms. The predicted molar refractivity (Wildman–Crippen MR) is 55.2 cm³/mol. The molecule has 0 atom stereocenters. The Morgan fingerprint density at radius 1 is 1.25 bits per heavy atom. The molecule has 2 aromatic rings. The molecule has 0 saturated heterocycles. The lowest BCUT2D eigenvalue weighted by atomic mass is 10.1. The molecular formula is C10H6AlF2N2O. The minimum absolute atomic E-state index is 0.0467. The molecule has 2 heterocycles. The van der Waals surface area contributed by atoms with Crippen LogP contribution in [0.4, 0.5) is 8.78 Å². The van der Waals surface area contributed by atoms with E-state index < -0.39 is 11.6 Å². The van der Waals surface area contributed by atoms with Crippen LogP contribution in [0.25, 0.3) is 11.3 Å². The first kappa shape index (κ1) is 11.0. The van der Waals surface area contributed by atoms with Gasteiger partial charge in [0.15, 0.2) is 5.82 Å². The third-order valence-electron chi connectivity index (χ3n) is 2.00. The molecule has 79 valence electrons. The van der Waals surface area contributed by atoms with E-state index in [-0.39, 0.29) is 5.69 Å². The average Bonchev–Trinajstić information content (AvgIpc) is 2.29. The minimum Gasteiger partial charge on any atom is -0.649 e. The van der Waals surface area contributed by atoms with Crippen molar-refractivity contribution in [1.29, 1.82) is 0 Å². The Hall–Kier alpha value is -1.51. The van der Waals surface area contributed by atoms with Gasteiger partial charge in [0, 0.05) is 17.8 Å². The smallest absolute Gasteiger partial charge is 0.494 e. The van der Waals surface area contributed by atoms with E-state index in [4.69, 9.17) is 3.79 Å². The van der Waals surface area contributed by atoms with Crippen LogP contribution < -0.4 is 3.79 Å². The van der Waals surface area contributed by atoms with Crippen molar-refractivity contribution in [1.82, 2.24) is 9.97 Å². The second kappa shape index (κ2) is 4.56. The van der Waals surface area contributed by atoms with Crippen molar-refractivity contribution in [3.05, 3.63) is 42.4 Å². The van der Waals surface area contributed by atoms with E-state index in [1.165, 1.54) is 29.0 Å². The molecule has 0 saturated carbocycles. The molecule has 2 aromatic heterocycles. The van der Waals surface area contributed by atoms with Gasteiger partial charge in [0.2, 0.25) is 0 Å². The van der Waals surface area contributed by atoms with Crippen LogP contribution in [0.3, 0.4) is 0 Å². The summed E-state index contributed by atoms with van der Waals surface area (Å²) in [4.78, 5) is 7.55. The maximum atomic E-state index is 13.5. The van der Waals surface area contributed by atoms with Gasteiger partial charge in [0.05, 0.1) is 12.4 Å². The molecule has 0 aromatic carbocycles. The van der Waals surface area contributed by atoms with Crippen LogP contribution in [0.15, 0.2) is 30.7 Å². The van der Waals surface area contributed by atoms with E-state index in [0.29, 0.717) is 11.3 Å². The normalized spacial score (nSPS) is 10.1. The van der Waals surface area contributed by atoms with Gasteiger partial charge in [-0.3, -0.25) is 4.98 Å². The summed E-state index contributed by atoms with van der Waals surface area (Å²) < 4.78 is 31.2. The second-order valence-corrected chi connectivity index (χ2v) is 3.29. The lowest BCUT2D eigenvalue weighted by Gasteiger charge is -2.09. The molecule has 3 nitrogen and oxygen atoms in total. The highest BCUT2D eigenvalue weighted by Gasteiger charge is 2.11. The second-order valence-electron chi connectivity index (χ2n) is 3.00. The molecule has 0 aliphatic carbocycles. The Morgan fingerprint density at radius 3 is 2.75 bits per heavy atom. The fourth-order valence-electron chi connectivity index (χ4n) is 1.30. The predicted octanol–water partition coefficient (Wildman–Crippen LogP) is 1.62. The van der Waals surface area contributed by atoms with E-state index in [0.717, 1.165) is 12.3 Å². The number of rotatable bonds is 2. The maximum Gasteiger partial charge on any atom is 0.494 e. The first-order valence-corrected chi connectivity index (χ1v) is 4.97. The number of halogens is 2. The summed E-state index contributed by atoms with van der Waals surface area (Å²) in [5.41, 5.74) is 0.493. The molecule has 16 heavy (non-hydrogen) atoms. The number of aromatic nitrogens is 2. The summed E-state index contributed by atoms with van der Waals surface area (Å²) in [6.45, 7) is 0. The Bertz CT molecular complexity index is 522. The third kappa shape index (κ3) is 2.03. The fourth-order valence-corrected chi connectivity index (χ4v) is 1.53. The molecule has 6 heteroatoms. The molecule has 1 radical (unpaired) electrons. The highest BCUT2D eigenvalue weighted by molar-refractivity contribution is 6.00. The minimum atomic E-state index is -0.729. The van der Waals surface area contributed by atoms with Crippen LogP contribution in [0, 0.1) is 11.6 Å². The van der Waals surface area contributed by atoms with Crippen LogP contribution in [0.1, 0.15) is 0 Å². The molecule has 2 rings (SSSR count). The standard InChI is InChI=1S/C10H6F2N2O.Al.H/c11-6-3-8(12)10(14-4-6)7-1-2-13-5-9(7)15;;/h1-5,15H;;/q;+1;/p-1. The number of pyridine rings is 2. The van der Waals surface area contributed by atoms with Crippen molar-refractivity contribution in [2.24, 2.45) is 0 Å². The molecule has 0 fully saturated rings. The zero-order chi connectivity index (χ0) is 11.5. The van der Waals surface area contributed by atoms with Gasteiger partial charge in [-0.1, -0.05) is 0 Å². The van der Waals surface area contributed by atoms with Crippen molar-refractivity contribution >= 4 is 16.6 Å². The zero-order valence-electron chi connectivity index (χ0n) is 8.15. The molecule has 0 amide bonds. The van der Waals surface area contributed by atoms with Gasteiger partial charge < -0.3 is 3.79 Å². The first-order valence-electron chi connectivity index (χ1n) is 4.40. The summed E-state index contributed by atoms with van der Waals surface area (Å²) in [6, 6.07) is 2.34. The van der Waals surface area contributed by atoms with E-state index in [2.05, 4.69) is 9.97 Å². The Morgan fingerprint density at radius 2 is 2.06 bits per heavy atom. The topological polar surface area (TPSA) is 35.0 Å². The van der Waals surface area contributed by atoms with Gasteiger partial charge in [0.1, 0.15) is 17.3 Å². The van der Waals surface area contributed by atoms with Crippen LogP contribution in [-0.4, -0.2) is 26.6 Å². The van der Waals surface area contributed by atoms with Gasteiger partial charge >= 0.3 is 16.6 Å². The largest absolute Gasteiger partial charge is 0.649 e. The van der Waals surface area contributed by atoms with Crippen molar-refractivity contribution in [2.45, 2.75) is 0 Å². The van der Waals surface area contributed by atoms with Crippen molar-refractivity contribution in [2.75, 3.05) is 0 Å². The molecule has 0 N–H and O–H groups in total. The Kier molecular flexibility index (Phi) is 3.13. The maximum absolute atomic E-state index is 13.5. The van der Waals surface area contributed by atoms with Crippen molar-refractivity contribution < 1.29 is 12.6 Å². The van der Waals surface area contributed by atoms with E-state index >= 15 is 0 Å². The first-order chi connectivity index (χ1) is 7.72. The summed E-state index contributed by atoms with van der Waals surface area (Å²) in [5, 5.41) is 0. The summed E-state index contributed by atoms with van der Waals surface area (Å²) >= 11 is 1.25. The third-order valence-corrected chi connectivity index (χ3v) is 2.31. The Balaban J connectivity index is 2.58. The number of nitrogens with zero attached hydrogens (tertiary/aromatic N) is 2.